The van der Waals surface area contributed by atoms with E-state index in [1.165, 1.54) is 23.2 Å². The molecule has 0 saturated carbocycles. The monoisotopic (exact) mass is 398 g/mol. The Morgan fingerprint density at radius 3 is 2.41 bits per heavy atom. The van der Waals surface area contributed by atoms with Crippen LogP contribution >= 0.6 is 0 Å². The molecule has 0 aliphatic carbocycles. The molecular weight excluding hydrogens is 380 g/mol. The molecule has 2 atom stereocenters. The molecule has 2 aliphatic heterocycles. The summed E-state index contributed by atoms with van der Waals surface area (Å²) < 4.78 is 7.13. The SMILES string of the molecule is CCN1C(=O)CO[C@H](C(=O)ON2C(=O)c3ccccc3C2=O)[C@H]1c1nccn1C. The molecule has 3 heterocycles. The molecule has 3 amide bonds. The van der Waals surface area contributed by atoms with Gasteiger partial charge in [-0.1, -0.05) is 17.2 Å². The Kier molecular flexibility index (Phi) is 4.63. The second-order valence-electron chi connectivity index (χ2n) is 6.61. The minimum atomic E-state index is -1.25. The van der Waals surface area contributed by atoms with Gasteiger partial charge in [-0.25, -0.2) is 9.78 Å². The molecule has 1 saturated heterocycles. The normalized spacial score (nSPS) is 21.5. The van der Waals surface area contributed by atoms with Crippen molar-refractivity contribution in [2.75, 3.05) is 13.2 Å². The number of carbonyl (C=O) groups is 4. The van der Waals surface area contributed by atoms with Gasteiger partial charge in [-0.05, 0) is 19.1 Å². The summed E-state index contributed by atoms with van der Waals surface area (Å²) in [6.07, 6.45) is 1.96. The fourth-order valence-electron chi connectivity index (χ4n) is 3.55. The largest absolute Gasteiger partial charge is 0.364 e. The highest BCUT2D eigenvalue weighted by molar-refractivity contribution is 6.20. The van der Waals surface area contributed by atoms with Crippen LogP contribution in [0, 0.1) is 0 Å². The second-order valence-corrected chi connectivity index (χ2v) is 6.61. The predicted octanol–water partition coefficient (Wildman–Crippen LogP) is 0.463. The summed E-state index contributed by atoms with van der Waals surface area (Å²) in [5, 5.41) is 0.429. The first-order valence-corrected chi connectivity index (χ1v) is 9.02. The number of rotatable bonds is 4. The topological polar surface area (TPSA) is 111 Å². The Labute approximate surface area is 165 Å². The van der Waals surface area contributed by atoms with Crippen LogP contribution in [0.15, 0.2) is 36.7 Å². The van der Waals surface area contributed by atoms with E-state index in [-0.39, 0.29) is 23.6 Å². The van der Waals surface area contributed by atoms with Gasteiger partial charge >= 0.3 is 5.97 Å². The number of aryl methyl sites for hydroxylation is 1. The van der Waals surface area contributed by atoms with Gasteiger partial charge in [0.25, 0.3) is 11.8 Å². The van der Waals surface area contributed by atoms with Crippen LogP contribution in [-0.4, -0.2) is 62.5 Å². The molecule has 0 bridgehead atoms. The number of carbonyl (C=O) groups excluding carboxylic acids is 4. The third kappa shape index (κ3) is 2.97. The molecule has 1 aromatic carbocycles. The van der Waals surface area contributed by atoms with E-state index in [2.05, 4.69) is 4.98 Å². The maximum absolute atomic E-state index is 12.9. The van der Waals surface area contributed by atoms with Crippen molar-refractivity contribution in [1.82, 2.24) is 19.5 Å². The van der Waals surface area contributed by atoms with Crippen LogP contribution < -0.4 is 0 Å². The minimum Gasteiger partial charge on any atom is -0.354 e. The van der Waals surface area contributed by atoms with E-state index in [4.69, 9.17) is 9.57 Å². The molecule has 1 fully saturated rings. The molecule has 0 N–H and O–H groups in total. The van der Waals surface area contributed by atoms with Gasteiger partial charge in [-0.2, -0.15) is 0 Å². The van der Waals surface area contributed by atoms with E-state index in [0.717, 1.165) is 0 Å². The second kappa shape index (κ2) is 7.13. The van der Waals surface area contributed by atoms with E-state index >= 15 is 0 Å². The number of hydrogen-bond acceptors (Lipinski definition) is 7. The molecule has 1 aromatic heterocycles. The summed E-state index contributed by atoms with van der Waals surface area (Å²) in [6.45, 7) is 1.76. The van der Waals surface area contributed by atoms with Crippen molar-refractivity contribution in [2.24, 2.45) is 7.05 Å². The highest BCUT2D eigenvalue weighted by Crippen LogP contribution is 2.31. The smallest absolute Gasteiger partial charge is 0.354 e. The first kappa shape index (κ1) is 18.8. The summed E-state index contributed by atoms with van der Waals surface area (Å²) in [4.78, 5) is 61.0. The number of hydrogen-bond donors (Lipinski definition) is 0. The molecule has 10 nitrogen and oxygen atoms in total. The Hall–Kier alpha value is -3.53. The van der Waals surface area contributed by atoms with Crippen molar-refractivity contribution in [3.63, 3.8) is 0 Å². The zero-order valence-electron chi connectivity index (χ0n) is 15.8. The summed E-state index contributed by atoms with van der Waals surface area (Å²) in [7, 11) is 1.72. The molecule has 2 aliphatic rings. The number of imide groups is 1. The Morgan fingerprint density at radius 1 is 1.21 bits per heavy atom. The van der Waals surface area contributed by atoms with Crippen molar-refractivity contribution in [1.29, 1.82) is 0 Å². The van der Waals surface area contributed by atoms with Gasteiger partial charge in [0.2, 0.25) is 5.91 Å². The fourth-order valence-corrected chi connectivity index (χ4v) is 3.55. The number of imidazole rings is 1. The molecule has 150 valence electrons. The summed E-state index contributed by atoms with van der Waals surface area (Å²) in [6, 6.07) is 5.33. The van der Waals surface area contributed by atoms with Gasteiger partial charge in [0.15, 0.2) is 6.10 Å². The Morgan fingerprint density at radius 2 is 1.86 bits per heavy atom. The van der Waals surface area contributed by atoms with Crippen LogP contribution in [0.1, 0.15) is 39.5 Å². The average Bonchev–Trinajstić information content (AvgIpc) is 3.24. The lowest BCUT2D eigenvalue weighted by molar-refractivity contribution is -0.195. The number of aromatic nitrogens is 2. The quantitative estimate of drug-likeness (QED) is 0.688. The fraction of sp³-hybridized carbons (Fsp3) is 0.316. The highest BCUT2D eigenvalue weighted by Gasteiger charge is 2.47. The number of benzene rings is 1. The van der Waals surface area contributed by atoms with Crippen molar-refractivity contribution in [3.05, 3.63) is 53.6 Å². The standard InChI is InChI=1S/C19H18N4O6/c1-3-22-13(24)10-28-15(14(22)16-20-8-9-21(16)2)19(27)29-23-17(25)11-6-4-5-7-12(11)18(23)26/h4-9,14-15H,3,10H2,1-2H3/t14-,15-/m0/s1. The molecule has 2 aromatic rings. The van der Waals surface area contributed by atoms with E-state index in [9.17, 15) is 19.2 Å². The Bertz CT molecular complexity index is 981. The molecular formula is C19H18N4O6. The van der Waals surface area contributed by atoms with Gasteiger partial charge < -0.3 is 19.0 Å². The summed E-state index contributed by atoms with van der Waals surface area (Å²) in [5.74, 6) is -2.30. The van der Waals surface area contributed by atoms with Crippen molar-refractivity contribution >= 4 is 23.7 Å². The molecule has 29 heavy (non-hydrogen) atoms. The van der Waals surface area contributed by atoms with Crippen LogP contribution in [-0.2, 0) is 26.2 Å². The third-order valence-corrected chi connectivity index (χ3v) is 4.96. The molecule has 10 heteroatoms. The zero-order chi connectivity index (χ0) is 20.7. The molecule has 0 radical (unpaired) electrons. The summed E-state index contributed by atoms with van der Waals surface area (Å²) >= 11 is 0. The number of nitrogens with zero attached hydrogens (tertiary/aromatic N) is 4. The zero-order valence-corrected chi connectivity index (χ0v) is 15.8. The highest BCUT2D eigenvalue weighted by atomic mass is 16.7. The number of ether oxygens (including phenoxy) is 1. The van der Waals surface area contributed by atoms with Crippen LogP contribution in [0.3, 0.4) is 0 Å². The number of fused-ring (bicyclic) bond motifs is 1. The number of morpholine rings is 1. The lowest BCUT2D eigenvalue weighted by Crippen LogP contribution is -2.53. The average molecular weight is 398 g/mol. The van der Waals surface area contributed by atoms with Gasteiger partial charge in [0.1, 0.15) is 18.5 Å². The van der Waals surface area contributed by atoms with Crippen LogP contribution in [0.25, 0.3) is 0 Å². The molecule has 4 rings (SSSR count). The number of hydroxylamine groups is 2. The van der Waals surface area contributed by atoms with Crippen molar-refractivity contribution in [3.8, 4) is 0 Å². The first-order valence-electron chi connectivity index (χ1n) is 9.02. The van der Waals surface area contributed by atoms with Gasteiger partial charge in [0, 0.05) is 26.0 Å². The maximum Gasteiger partial charge on any atom is 0.364 e. The lowest BCUT2D eigenvalue weighted by Gasteiger charge is -2.38. The number of likely N-dealkylation sites (N-methyl/N-ethyl adjacent to an activating group) is 1. The lowest BCUT2D eigenvalue weighted by atomic mass is 10.1. The Balaban J connectivity index is 1.62. The van der Waals surface area contributed by atoms with E-state index in [1.54, 1.807) is 36.9 Å². The van der Waals surface area contributed by atoms with E-state index in [1.807, 2.05) is 0 Å². The predicted molar refractivity (Wildman–Crippen MR) is 96.1 cm³/mol. The minimum absolute atomic E-state index is 0.154. The third-order valence-electron chi connectivity index (χ3n) is 4.96. The van der Waals surface area contributed by atoms with E-state index in [0.29, 0.717) is 17.4 Å². The van der Waals surface area contributed by atoms with Crippen molar-refractivity contribution in [2.45, 2.75) is 19.1 Å². The van der Waals surface area contributed by atoms with E-state index < -0.39 is 29.9 Å². The summed E-state index contributed by atoms with van der Waals surface area (Å²) in [5.41, 5.74) is 0.307. The van der Waals surface area contributed by atoms with Gasteiger partial charge in [0.05, 0.1) is 11.1 Å². The van der Waals surface area contributed by atoms with Gasteiger partial charge in [-0.3, -0.25) is 14.4 Å². The maximum atomic E-state index is 12.9. The number of amides is 3. The van der Waals surface area contributed by atoms with Gasteiger partial charge in [-0.15, -0.1) is 0 Å². The van der Waals surface area contributed by atoms with Crippen LogP contribution in [0.2, 0.25) is 0 Å². The molecule has 0 spiro atoms. The van der Waals surface area contributed by atoms with Crippen molar-refractivity contribution < 1.29 is 28.8 Å². The van der Waals surface area contributed by atoms with Crippen LogP contribution in [0.5, 0.6) is 0 Å². The molecule has 0 unspecified atom stereocenters. The first-order chi connectivity index (χ1) is 13.9. The van der Waals surface area contributed by atoms with Crippen LogP contribution in [0.4, 0.5) is 0 Å².